The summed E-state index contributed by atoms with van der Waals surface area (Å²) in [5.41, 5.74) is 3.54. The highest BCUT2D eigenvalue weighted by atomic mass is 16.7. The summed E-state index contributed by atoms with van der Waals surface area (Å²) in [5, 5.41) is 0. The van der Waals surface area contributed by atoms with Gasteiger partial charge in [0.2, 0.25) is 0 Å². The Balaban J connectivity index is 0.000000287. The highest BCUT2D eigenvalue weighted by Crippen LogP contribution is 2.36. The van der Waals surface area contributed by atoms with Gasteiger partial charge < -0.3 is 9.31 Å². The first-order chi connectivity index (χ1) is 14.8. The van der Waals surface area contributed by atoms with Crippen LogP contribution in [0, 0.1) is 0 Å². The van der Waals surface area contributed by atoms with Crippen molar-refractivity contribution in [3.05, 3.63) is 102 Å². The van der Waals surface area contributed by atoms with Gasteiger partial charge in [0.05, 0.1) is 11.2 Å². The molecular formula is C27H29BO3. The zero-order chi connectivity index (χ0) is 22.3. The first-order valence-corrected chi connectivity index (χ1v) is 10.5. The second kappa shape index (κ2) is 9.91. The second-order valence-electron chi connectivity index (χ2n) is 8.53. The molecule has 0 aliphatic carbocycles. The van der Waals surface area contributed by atoms with E-state index in [9.17, 15) is 4.79 Å². The standard InChI is InChI=1S/C20H23BO2.C7H6O/c1-19(2)20(3,4)23-21(22-19)18-14-12-17(13-15-18)11-10-16-8-6-5-7-9-16;8-6-7-4-2-1-3-5-7/h5-15H,1-4H3;1-6H. The van der Waals surface area contributed by atoms with E-state index in [4.69, 9.17) is 9.31 Å². The third kappa shape index (κ3) is 6.03. The molecule has 31 heavy (non-hydrogen) atoms. The average molecular weight is 412 g/mol. The Morgan fingerprint density at radius 3 is 1.45 bits per heavy atom. The number of hydrogen-bond acceptors (Lipinski definition) is 3. The van der Waals surface area contributed by atoms with E-state index >= 15 is 0 Å². The molecule has 158 valence electrons. The molecular weight excluding hydrogens is 383 g/mol. The maximum atomic E-state index is 10.0. The SMILES string of the molecule is CC1(C)OB(c2ccc(C=Cc3ccccc3)cc2)OC1(C)C.O=Cc1ccccc1. The Morgan fingerprint density at radius 2 is 1.03 bits per heavy atom. The van der Waals surface area contributed by atoms with E-state index in [1.54, 1.807) is 12.1 Å². The minimum absolute atomic E-state index is 0.299. The molecule has 4 rings (SSSR count). The third-order valence-electron chi connectivity index (χ3n) is 5.67. The third-order valence-corrected chi connectivity index (χ3v) is 5.67. The van der Waals surface area contributed by atoms with Crippen LogP contribution in [0.5, 0.6) is 0 Å². The highest BCUT2D eigenvalue weighted by molar-refractivity contribution is 6.62. The minimum atomic E-state index is -0.302. The summed E-state index contributed by atoms with van der Waals surface area (Å²) in [4.78, 5) is 10.0. The van der Waals surface area contributed by atoms with Crippen LogP contribution in [-0.2, 0) is 9.31 Å². The molecule has 1 aliphatic rings. The molecule has 1 heterocycles. The molecule has 0 saturated carbocycles. The van der Waals surface area contributed by atoms with Crippen molar-refractivity contribution in [1.82, 2.24) is 0 Å². The number of carbonyl (C=O) groups is 1. The molecule has 0 amide bonds. The van der Waals surface area contributed by atoms with Crippen molar-refractivity contribution in [1.29, 1.82) is 0 Å². The van der Waals surface area contributed by atoms with E-state index in [2.05, 4.69) is 76.2 Å². The zero-order valence-electron chi connectivity index (χ0n) is 18.6. The summed E-state index contributed by atoms with van der Waals surface area (Å²) in [6, 6.07) is 27.7. The van der Waals surface area contributed by atoms with Crippen molar-refractivity contribution >= 4 is 31.0 Å². The van der Waals surface area contributed by atoms with Crippen LogP contribution in [0.2, 0.25) is 0 Å². The van der Waals surface area contributed by atoms with Gasteiger partial charge in [-0.25, -0.2) is 0 Å². The predicted octanol–water partition coefficient (Wildman–Crippen LogP) is 5.66. The summed E-state index contributed by atoms with van der Waals surface area (Å²) in [6.45, 7) is 8.29. The van der Waals surface area contributed by atoms with Gasteiger partial charge in [-0.2, -0.15) is 0 Å². The van der Waals surface area contributed by atoms with Crippen LogP contribution in [-0.4, -0.2) is 24.6 Å². The van der Waals surface area contributed by atoms with E-state index in [1.807, 2.05) is 36.4 Å². The van der Waals surface area contributed by atoms with E-state index in [1.165, 1.54) is 5.56 Å². The van der Waals surface area contributed by atoms with Crippen molar-refractivity contribution < 1.29 is 14.1 Å². The lowest BCUT2D eigenvalue weighted by atomic mass is 9.79. The molecule has 3 aromatic carbocycles. The van der Waals surface area contributed by atoms with Crippen LogP contribution < -0.4 is 5.46 Å². The highest BCUT2D eigenvalue weighted by Gasteiger charge is 2.51. The number of rotatable bonds is 4. The smallest absolute Gasteiger partial charge is 0.399 e. The Bertz CT molecular complexity index is 978. The molecule has 1 fully saturated rings. The van der Waals surface area contributed by atoms with Crippen molar-refractivity contribution in [2.45, 2.75) is 38.9 Å². The molecule has 0 bridgehead atoms. The van der Waals surface area contributed by atoms with Crippen LogP contribution in [0.25, 0.3) is 12.2 Å². The molecule has 1 aliphatic heterocycles. The molecule has 3 aromatic rings. The topological polar surface area (TPSA) is 35.5 Å². The second-order valence-corrected chi connectivity index (χ2v) is 8.53. The van der Waals surface area contributed by atoms with Crippen molar-refractivity contribution in [2.24, 2.45) is 0 Å². The van der Waals surface area contributed by atoms with Crippen LogP contribution >= 0.6 is 0 Å². The lowest BCUT2D eigenvalue weighted by Gasteiger charge is -2.32. The first-order valence-electron chi connectivity index (χ1n) is 10.5. The maximum Gasteiger partial charge on any atom is 0.494 e. The zero-order valence-corrected chi connectivity index (χ0v) is 18.6. The minimum Gasteiger partial charge on any atom is -0.399 e. The van der Waals surface area contributed by atoms with Gasteiger partial charge in [-0.1, -0.05) is 97.1 Å². The van der Waals surface area contributed by atoms with Gasteiger partial charge in [0.25, 0.3) is 0 Å². The van der Waals surface area contributed by atoms with Crippen molar-refractivity contribution in [2.75, 3.05) is 0 Å². The fourth-order valence-electron chi connectivity index (χ4n) is 3.03. The van der Waals surface area contributed by atoms with E-state index < -0.39 is 0 Å². The number of aldehydes is 1. The van der Waals surface area contributed by atoms with Gasteiger partial charge in [0.15, 0.2) is 0 Å². The average Bonchev–Trinajstić information content (AvgIpc) is 3.01. The molecule has 1 saturated heterocycles. The van der Waals surface area contributed by atoms with Crippen LogP contribution in [0.1, 0.15) is 49.2 Å². The van der Waals surface area contributed by atoms with E-state index in [-0.39, 0.29) is 18.3 Å². The van der Waals surface area contributed by atoms with Gasteiger partial charge in [-0.3, -0.25) is 4.79 Å². The summed E-state index contributed by atoms with van der Waals surface area (Å²) >= 11 is 0. The summed E-state index contributed by atoms with van der Waals surface area (Å²) in [7, 11) is -0.299. The molecule has 0 radical (unpaired) electrons. The van der Waals surface area contributed by atoms with Gasteiger partial charge >= 0.3 is 7.12 Å². The largest absolute Gasteiger partial charge is 0.494 e. The lowest BCUT2D eigenvalue weighted by molar-refractivity contribution is 0.00578. The van der Waals surface area contributed by atoms with Crippen molar-refractivity contribution in [3.8, 4) is 0 Å². The maximum absolute atomic E-state index is 10.0. The Labute approximate surface area is 185 Å². The molecule has 0 N–H and O–H groups in total. The molecule has 3 nitrogen and oxygen atoms in total. The van der Waals surface area contributed by atoms with Gasteiger partial charge in [0, 0.05) is 5.56 Å². The number of benzene rings is 3. The Kier molecular flexibility index (Phi) is 7.27. The first kappa shape index (κ1) is 22.7. The molecule has 0 atom stereocenters. The lowest BCUT2D eigenvalue weighted by Crippen LogP contribution is -2.41. The molecule has 4 heteroatoms. The quantitative estimate of drug-likeness (QED) is 0.315. The van der Waals surface area contributed by atoms with Gasteiger partial charge in [0.1, 0.15) is 6.29 Å². The summed E-state index contributed by atoms with van der Waals surface area (Å²) in [6.07, 6.45) is 5.06. The van der Waals surface area contributed by atoms with Gasteiger partial charge in [-0.05, 0) is 44.3 Å². The summed E-state index contributed by atoms with van der Waals surface area (Å²) < 4.78 is 12.2. The monoisotopic (exact) mass is 412 g/mol. The van der Waals surface area contributed by atoms with Crippen LogP contribution in [0.4, 0.5) is 0 Å². The van der Waals surface area contributed by atoms with Crippen molar-refractivity contribution in [3.63, 3.8) is 0 Å². The van der Waals surface area contributed by atoms with E-state index in [0.29, 0.717) is 0 Å². The molecule has 0 unspecified atom stereocenters. The Hall–Kier alpha value is -2.95. The van der Waals surface area contributed by atoms with E-state index in [0.717, 1.165) is 22.9 Å². The van der Waals surface area contributed by atoms with Crippen LogP contribution in [0.3, 0.4) is 0 Å². The fourth-order valence-corrected chi connectivity index (χ4v) is 3.03. The summed E-state index contributed by atoms with van der Waals surface area (Å²) in [5.74, 6) is 0. The normalized spacial score (nSPS) is 16.6. The van der Waals surface area contributed by atoms with Gasteiger partial charge in [-0.15, -0.1) is 0 Å². The molecule has 0 spiro atoms. The number of hydrogen-bond donors (Lipinski definition) is 0. The Morgan fingerprint density at radius 1 is 0.613 bits per heavy atom. The number of carbonyl (C=O) groups excluding carboxylic acids is 1. The van der Waals surface area contributed by atoms with Crippen LogP contribution in [0.15, 0.2) is 84.9 Å². The fraction of sp³-hybridized carbons (Fsp3) is 0.222. The molecule has 0 aromatic heterocycles. The predicted molar refractivity (Wildman–Crippen MR) is 129 cm³/mol.